The summed E-state index contributed by atoms with van der Waals surface area (Å²) in [5.41, 5.74) is 5.44. The largest absolute Gasteiger partial charge is 0.451 e. The molecule has 10 heteroatoms. The highest BCUT2D eigenvalue weighted by atomic mass is 32.1. The van der Waals surface area contributed by atoms with Crippen molar-refractivity contribution < 1.29 is 24.0 Å². The van der Waals surface area contributed by atoms with Gasteiger partial charge in [-0.15, -0.1) is 11.3 Å². The average Bonchev–Trinajstić information content (AvgIpc) is 3.13. The lowest BCUT2D eigenvalue weighted by Gasteiger charge is -2.16. The molecule has 0 saturated heterocycles. The number of fused-ring (bicyclic) bond motifs is 1. The first-order valence-electron chi connectivity index (χ1n) is 8.96. The number of thiophene rings is 1. The number of hydrazine groups is 1. The molecular weight excluding hydrogens is 398 g/mol. The molecule has 0 saturated carbocycles. The number of ether oxygens (including phenoxy) is 1. The Labute approximate surface area is 170 Å². The molecule has 1 aliphatic rings. The summed E-state index contributed by atoms with van der Waals surface area (Å²) in [7, 11) is 0. The van der Waals surface area contributed by atoms with Gasteiger partial charge in [-0.25, -0.2) is 4.79 Å². The highest BCUT2D eigenvalue weighted by molar-refractivity contribution is 7.14. The fraction of sp³-hybridized carbons (Fsp3) is 0.316. The second kappa shape index (κ2) is 8.82. The molecule has 1 heterocycles. The zero-order valence-corrected chi connectivity index (χ0v) is 16.4. The zero-order chi connectivity index (χ0) is 21.0. The lowest BCUT2D eigenvalue weighted by molar-refractivity contribution is -0.384. The minimum atomic E-state index is -0.705. The van der Waals surface area contributed by atoms with Gasteiger partial charge < -0.3 is 4.74 Å². The smallest absolute Gasteiger partial charge is 0.348 e. The number of nitrogens with zero attached hydrogens (tertiary/aromatic N) is 1. The molecule has 1 aromatic carbocycles. The second-order valence-corrected chi connectivity index (χ2v) is 7.93. The van der Waals surface area contributed by atoms with Gasteiger partial charge in [0, 0.05) is 22.6 Å². The van der Waals surface area contributed by atoms with Crippen molar-refractivity contribution in [3.8, 4) is 0 Å². The van der Waals surface area contributed by atoms with Crippen molar-refractivity contribution in [1.82, 2.24) is 10.9 Å². The van der Waals surface area contributed by atoms with Gasteiger partial charge in [-0.05, 0) is 48.9 Å². The molecule has 3 rings (SSSR count). The van der Waals surface area contributed by atoms with Crippen molar-refractivity contribution in [2.24, 2.45) is 5.92 Å². The molecular formula is C19H19N3O6S. The Kier molecular flexibility index (Phi) is 6.23. The van der Waals surface area contributed by atoms with E-state index in [1.165, 1.54) is 46.0 Å². The van der Waals surface area contributed by atoms with E-state index in [-0.39, 0.29) is 11.3 Å². The number of carbonyl (C=O) groups is 3. The minimum Gasteiger partial charge on any atom is -0.451 e. The predicted molar refractivity (Wildman–Crippen MR) is 104 cm³/mol. The van der Waals surface area contributed by atoms with Gasteiger partial charge >= 0.3 is 5.97 Å². The van der Waals surface area contributed by atoms with Gasteiger partial charge in [0.05, 0.1) is 4.92 Å². The molecule has 29 heavy (non-hydrogen) atoms. The number of carbonyl (C=O) groups excluding carboxylic acids is 3. The van der Waals surface area contributed by atoms with Gasteiger partial charge in [-0.3, -0.25) is 30.6 Å². The van der Waals surface area contributed by atoms with Crippen LogP contribution in [0.2, 0.25) is 0 Å². The van der Waals surface area contributed by atoms with Gasteiger partial charge in [0.2, 0.25) is 0 Å². The fourth-order valence-electron chi connectivity index (χ4n) is 2.98. The van der Waals surface area contributed by atoms with Gasteiger partial charge in [0.25, 0.3) is 17.5 Å². The van der Waals surface area contributed by atoms with Crippen LogP contribution in [-0.2, 0) is 22.4 Å². The molecule has 0 aliphatic heterocycles. The molecule has 2 N–H and O–H groups in total. The van der Waals surface area contributed by atoms with Crippen molar-refractivity contribution in [3.63, 3.8) is 0 Å². The number of aryl methyl sites for hydroxylation is 1. The number of hydrogen-bond donors (Lipinski definition) is 2. The standard InChI is InChI=1S/C19H19N3O6S/c1-11-2-7-15-13(8-11)9-16(29-15)19(25)28-10-17(23)20-21-18(24)12-3-5-14(6-4-12)22(26)27/h3-6,9,11H,2,7-8,10H2,1H3,(H,20,23)(H,21,24)/t11-/m1/s1. The lowest BCUT2D eigenvalue weighted by Crippen LogP contribution is -2.43. The summed E-state index contributed by atoms with van der Waals surface area (Å²) in [6.45, 7) is 1.63. The number of nitro groups is 1. The molecule has 1 atom stereocenters. The molecule has 152 valence electrons. The van der Waals surface area contributed by atoms with Crippen molar-refractivity contribution in [2.75, 3.05) is 6.61 Å². The van der Waals surface area contributed by atoms with Crippen LogP contribution in [0.1, 0.15) is 43.8 Å². The van der Waals surface area contributed by atoms with Gasteiger partial charge in [-0.2, -0.15) is 0 Å². The Balaban J connectivity index is 1.45. The van der Waals surface area contributed by atoms with Crippen LogP contribution >= 0.6 is 11.3 Å². The average molecular weight is 417 g/mol. The fourth-order valence-corrected chi connectivity index (χ4v) is 4.08. The second-order valence-electron chi connectivity index (χ2n) is 6.79. The van der Waals surface area contributed by atoms with Crippen LogP contribution in [-0.4, -0.2) is 29.3 Å². The van der Waals surface area contributed by atoms with Gasteiger partial charge in [-0.1, -0.05) is 6.92 Å². The van der Waals surface area contributed by atoms with E-state index in [9.17, 15) is 24.5 Å². The van der Waals surface area contributed by atoms with Crippen molar-refractivity contribution in [1.29, 1.82) is 0 Å². The van der Waals surface area contributed by atoms with Crippen molar-refractivity contribution in [3.05, 3.63) is 61.3 Å². The first-order chi connectivity index (χ1) is 13.8. The van der Waals surface area contributed by atoms with Crippen LogP contribution in [0.15, 0.2) is 30.3 Å². The van der Waals surface area contributed by atoms with Gasteiger partial charge in [0.1, 0.15) is 4.88 Å². The maximum absolute atomic E-state index is 12.2. The summed E-state index contributed by atoms with van der Waals surface area (Å²) in [4.78, 5) is 47.6. The van der Waals surface area contributed by atoms with Crippen LogP contribution in [0.3, 0.4) is 0 Å². The lowest BCUT2D eigenvalue weighted by atomic mass is 9.90. The van der Waals surface area contributed by atoms with Crippen LogP contribution in [0.5, 0.6) is 0 Å². The normalized spacial score (nSPS) is 15.1. The molecule has 0 radical (unpaired) electrons. The molecule has 0 bridgehead atoms. The number of amides is 2. The molecule has 0 spiro atoms. The SMILES string of the molecule is C[C@@H]1CCc2sc(C(=O)OCC(=O)NNC(=O)c3ccc([N+](=O)[O-])cc3)cc2C1. The molecule has 0 unspecified atom stereocenters. The molecule has 9 nitrogen and oxygen atoms in total. The molecule has 2 aromatic rings. The third kappa shape index (κ3) is 5.17. The van der Waals surface area contributed by atoms with E-state index in [1.807, 2.05) is 6.07 Å². The number of nitro benzene ring substituents is 1. The number of benzene rings is 1. The third-order valence-electron chi connectivity index (χ3n) is 4.52. The Morgan fingerprint density at radius 1 is 1.24 bits per heavy atom. The van der Waals surface area contributed by atoms with Crippen LogP contribution in [0, 0.1) is 16.0 Å². The van der Waals surface area contributed by atoms with Crippen LogP contribution < -0.4 is 10.9 Å². The first-order valence-corrected chi connectivity index (χ1v) is 9.77. The van der Waals surface area contributed by atoms with E-state index < -0.39 is 29.3 Å². The highest BCUT2D eigenvalue weighted by Gasteiger charge is 2.22. The zero-order valence-electron chi connectivity index (χ0n) is 15.6. The first kappa shape index (κ1) is 20.5. The van der Waals surface area contributed by atoms with Crippen molar-refractivity contribution >= 4 is 34.8 Å². The summed E-state index contributed by atoms with van der Waals surface area (Å²) in [5, 5.41) is 10.6. The summed E-state index contributed by atoms with van der Waals surface area (Å²) in [5.74, 6) is -1.34. The molecule has 0 fully saturated rings. The van der Waals surface area contributed by atoms with Crippen LogP contribution in [0.4, 0.5) is 5.69 Å². The van der Waals surface area contributed by atoms with E-state index in [0.717, 1.165) is 19.3 Å². The summed E-state index contributed by atoms with van der Waals surface area (Å²) >= 11 is 1.39. The molecule has 1 aromatic heterocycles. The van der Waals surface area contributed by atoms with Crippen LogP contribution in [0.25, 0.3) is 0 Å². The summed E-state index contributed by atoms with van der Waals surface area (Å²) < 4.78 is 5.01. The number of hydrogen-bond acceptors (Lipinski definition) is 7. The third-order valence-corrected chi connectivity index (χ3v) is 5.74. The summed E-state index contributed by atoms with van der Waals surface area (Å²) in [6, 6.07) is 6.71. The van der Waals surface area contributed by atoms with Gasteiger partial charge in [0.15, 0.2) is 6.61 Å². The van der Waals surface area contributed by atoms with E-state index in [4.69, 9.17) is 4.74 Å². The number of non-ortho nitro benzene ring substituents is 1. The summed E-state index contributed by atoms with van der Waals surface area (Å²) in [6.07, 6.45) is 2.98. The van der Waals surface area contributed by atoms with E-state index in [1.54, 1.807) is 0 Å². The number of rotatable bonds is 5. The monoisotopic (exact) mass is 417 g/mol. The Bertz CT molecular complexity index is 953. The minimum absolute atomic E-state index is 0.131. The predicted octanol–water partition coefficient (Wildman–Crippen LogP) is 2.40. The number of nitrogens with one attached hydrogen (secondary N) is 2. The molecule has 1 aliphatic carbocycles. The Morgan fingerprint density at radius 2 is 1.97 bits per heavy atom. The topological polar surface area (TPSA) is 128 Å². The van der Waals surface area contributed by atoms with E-state index in [0.29, 0.717) is 10.8 Å². The maximum atomic E-state index is 12.2. The highest BCUT2D eigenvalue weighted by Crippen LogP contribution is 2.32. The quantitative estimate of drug-likeness (QED) is 0.437. The Morgan fingerprint density at radius 3 is 2.66 bits per heavy atom. The van der Waals surface area contributed by atoms with Crippen molar-refractivity contribution in [2.45, 2.75) is 26.2 Å². The van der Waals surface area contributed by atoms with E-state index in [2.05, 4.69) is 17.8 Å². The van der Waals surface area contributed by atoms with E-state index >= 15 is 0 Å². The Hall–Kier alpha value is -3.27. The number of esters is 1. The molecule has 2 amide bonds. The maximum Gasteiger partial charge on any atom is 0.348 e.